The Labute approximate surface area is 129 Å². The van der Waals surface area contributed by atoms with E-state index >= 15 is 0 Å². The number of fused-ring (bicyclic) bond motifs is 1. The molecule has 0 aliphatic heterocycles. The molecule has 0 N–H and O–H groups in total. The molecule has 2 aromatic heterocycles. The zero-order chi connectivity index (χ0) is 15.9. The summed E-state index contributed by atoms with van der Waals surface area (Å²) in [6.45, 7) is 8.53. The first-order valence-electron chi connectivity index (χ1n) is 7.35. The Morgan fingerprint density at radius 1 is 1.05 bits per heavy atom. The molecule has 0 radical (unpaired) electrons. The average molecular weight is 293 g/mol. The number of hydrogen-bond donors (Lipinski definition) is 0. The van der Waals surface area contributed by atoms with Gasteiger partial charge in [-0.1, -0.05) is 6.07 Å². The van der Waals surface area contributed by atoms with Crippen molar-refractivity contribution in [3.8, 4) is 0 Å². The molecular formula is C18H19N3O. The van der Waals surface area contributed by atoms with Crippen molar-refractivity contribution in [1.29, 1.82) is 0 Å². The van der Waals surface area contributed by atoms with Gasteiger partial charge in [0.05, 0.1) is 23.8 Å². The van der Waals surface area contributed by atoms with Gasteiger partial charge in [-0.15, -0.1) is 0 Å². The highest BCUT2D eigenvalue weighted by atomic mass is 16.1. The van der Waals surface area contributed by atoms with Gasteiger partial charge in [0.25, 0.3) is 5.56 Å². The van der Waals surface area contributed by atoms with Crippen LogP contribution in [0.25, 0.3) is 10.9 Å². The van der Waals surface area contributed by atoms with Gasteiger partial charge >= 0.3 is 0 Å². The predicted octanol–water partition coefficient (Wildman–Crippen LogP) is 3.07. The van der Waals surface area contributed by atoms with Crippen molar-refractivity contribution in [2.45, 2.75) is 34.2 Å². The highest BCUT2D eigenvalue weighted by Gasteiger charge is 2.09. The lowest BCUT2D eigenvalue weighted by Gasteiger charge is -2.11. The Morgan fingerprint density at radius 2 is 1.82 bits per heavy atom. The van der Waals surface area contributed by atoms with Crippen molar-refractivity contribution in [3.05, 3.63) is 69.0 Å². The van der Waals surface area contributed by atoms with Crippen molar-refractivity contribution in [3.63, 3.8) is 0 Å². The minimum Gasteiger partial charge on any atom is -0.294 e. The van der Waals surface area contributed by atoms with Crippen LogP contribution in [0.5, 0.6) is 0 Å². The van der Waals surface area contributed by atoms with E-state index in [1.807, 2.05) is 52.1 Å². The molecule has 0 atom stereocenters. The van der Waals surface area contributed by atoms with Crippen LogP contribution in [0.1, 0.15) is 27.9 Å². The third-order valence-corrected chi connectivity index (χ3v) is 4.22. The zero-order valence-corrected chi connectivity index (χ0v) is 13.3. The van der Waals surface area contributed by atoms with E-state index < -0.39 is 0 Å². The first-order chi connectivity index (χ1) is 10.5. The standard InChI is InChI=1S/C18H19N3O/c1-11-5-6-16-17(14(11)4)20-10-21(18(16)22)9-15-8-19-13(3)7-12(15)2/h5-8,10H,9H2,1-4H3. The highest BCUT2D eigenvalue weighted by molar-refractivity contribution is 5.81. The van der Waals surface area contributed by atoms with Gasteiger partial charge < -0.3 is 0 Å². The smallest absolute Gasteiger partial charge is 0.261 e. The summed E-state index contributed by atoms with van der Waals surface area (Å²) in [6, 6.07) is 5.87. The molecule has 112 valence electrons. The molecule has 0 saturated carbocycles. The average Bonchev–Trinajstić information content (AvgIpc) is 2.48. The predicted molar refractivity (Wildman–Crippen MR) is 88.3 cm³/mol. The first-order valence-corrected chi connectivity index (χ1v) is 7.35. The summed E-state index contributed by atoms with van der Waals surface area (Å²) in [5.74, 6) is 0. The lowest BCUT2D eigenvalue weighted by molar-refractivity contribution is 0.740. The topological polar surface area (TPSA) is 47.8 Å². The lowest BCUT2D eigenvalue weighted by Crippen LogP contribution is -2.22. The summed E-state index contributed by atoms with van der Waals surface area (Å²) in [5, 5.41) is 0.670. The summed E-state index contributed by atoms with van der Waals surface area (Å²) in [6.07, 6.45) is 3.47. The van der Waals surface area contributed by atoms with Crippen molar-refractivity contribution in [2.75, 3.05) is 0 Å². The van der Waals surface area contributed by atoms with E-state index in [0.29, 0.717) is 11.9 Å². The molecule has 0 unspecified atom stereocenters. The van der Waals surface area contributed by atoms with Crippen LogP contribution >= 0.6 is 0 Å². The minimum atomic E-state index is -0.00641. The molecule has 22 heavy (non-hydrogen) atoms. The molecule has 3 aromatic rings. The Balaban J connectivity index is 2.11. The van der Waals surface area contributed by atoms with Crippen molar-refractivity contribution in [1.82, 2.24) is 14.5 Å². The van der Waals surface area contributed by atoms with E-state index in [0.717, 1.165) is 33.5 Å². The first kappa shape index (κ1) is 14.4. The quantitative estimate of drug-likeness (QED) is 0.729. The van der Waals surface area contributed by atoms with Crippen molar-refractivity contribution >= 4 is 10.9 Å². The van der Waals surface area contributed by atoms with Crippen molar-refractivity contribution in [2.24, 2.45) is 0 Å². The molecule has 0 fully saturated rings. The molecule has 2 heterocycles. The van der Waals surface area contributed by atoms with Gasteiger partial charge in [0.2, 0.25) is 0 Å². The van der Waals surface area contributed by atoms with Gasteiger partial charge in [-0.3, -0.25) is 14.3 Å². The minimum absolute atomic E-state index is 0.00641. The van der Waals surface area contributed by atoms with Gasteiger partial charge in [-0.25, -0.2) is 4.98 Å². The number of pyridine rings is 1. The Kier molecular flexibility index (Phi) is 3.53. The number of nitrogens with zero attached hydrogens (tertiary/aromatic N) is 3. The molecule has 0 aliphatic rings. The van der Waals surface area contributed by atoms with Crippen LogP contribution in [-0.4, -0.2) is 14.5 Å². The number of hydrogen-bond acceptors (Lipinski definition) is 3. The Morgan fingerprint density at radius 3 is 2.55 bits per heavy atom. The van der Waals surface area contributed by atoms with E-state index in [2.05, 4.69) is 9.97 Å². The maximum atomic E-state index is 12.7. The normalized spacial score (nSPS) is 11.1. The van der Waals surface area contributed by atoms with Gasteiger partial charge in [-0.05, 0) is 62.1 Å². The van der Waals surface area contributed by atoms with Crippen LogP contribution in [0.4, 0.5) is 0 Å². The van der Waals surface area contributed by atoms with Crippen LogP contribution in [0, 0.1) is 27.7 Å². The van der Waals surface area contributed by atoms with E-state index in [1.54, 1.807) is 10.9 Å². The molecule has 1 aromatic carbocycles. The van der Waals surface area contributed by atoms with Crippen molar-refractivity contribution < 1.29 is 0 Å². The van der Waals surface area contributed by atoms with Crippen LogP contribution in [0.3, 0.4) is 0 Å². The largest absolute Gasteiger partial charge is 0.294 e. The molecule has 0 bridgehead atoms. The second-order valence-electron chi connectivity index (χ2n) is 5.83. The number of rotatable bonds is 2. The van der Waals surface area contributed by atoms with Gasteiger partial charge in [-0.2, -0.15) is 0 Å². The molecule has 0 spiro atoms. The Bertz CT molecular complexity index is 925. The van der Waals surface area contributed by atoms with E-state index in [-0.39, 0.29) is 5.56 Å². The van der Waals surface area contributed by atoms with Crippen LogP contribution < -0.4 is 5.56 Å². The highest BCUT2D eigenvalue weighted by Crippen LogP contribution is 2.16. The lowest BCUT2D eigenvalue weighted by atomic mass is 10.1. The summed E-state index contributed by atoms with van der Waals surface area (Å²) in [7, 11) is 0. The van der Waals surface area contributed by atoms with Gasteiger partial charge in [0.1, 0.15) is 0 Å². The fourth-order valence-electron chi connectivity index (χ4n) is 2.66. The summed E-state index contributed by atoms with van der Waals surface area (Å²) in [4.78, 5) is 21.5. The fourth-order valence-corrected chi connectivity index (χ4v) is 2.66. The SMILES string of the molecule is Cc1cc(C)c(Cn2cnc3c(C)c(C)ccc3c2=O)cn1. The maximum Gasteiger partial charge on any atom is 0.261 e. The number of aryl methyl sites for hydroxylation is 4. The van der Waals surface area contributed by atoms with Crippen LogP contribution in [0.2, 0.25) is 0 Å². The second-order valence-corrected chi connectivity index (χ2v) is 5.83. The fraction of sp³-hybridized carbons (Fsp3) is 0.278. The van der Waals surface area contributed by atoms with Crippen LogP contribution in [-0.2, 0) is 6.54 Å². The molecule has 4 nitrogen and oxygen atoms in total. The maximum absolute atomic E-state index is 12.7. The van der Waals surface area contributed by atoms with Crippen LogP contribution in [0.15, 0.2) is 35.5 Å². The van der Waals surface area contributed by atoms with E-state index in [1.165, 1.54) is 0 Å². The van der Waals surface area contributed by atoms with E-state index in [4.69, 9.17) is 0 Å². The molecule has 4 heteroatoms. The zero-order valence-electron chi connectivity index (χ0n) is 13.3. The second kappa shape index (κ2) is 5.37. The molecule has 0 aliphatic carbocycles. The molecular weight excluding hydrogens is 274 g/mol. The van der Waals surface area contributed by atoms with E-state index in [9.17, 15) is 4.79 Å². The third-order valence-electron chi connectivity index (χ3n) is 4.22. The van der Waals surface area contributed by atoms with Gasteiger partial charge in [0.15, 0.2) is 0 Å². The third kappa shape index (κ3) is 2.41. The molecule has 0 amide bonds. The number of aromatic nitrogens is 3. The monoisotopic (exact) mass is 293 g/mol. The summed E-state index contributed by atoms with van der Waals surface area (Å²) >= 11 is 0. The Hall–Kier alpha value is -2.49. The number of benzene rings is 1. The molecule has 3 rings (SSSR count). The summed E-state index contributed by atoms with van der Waals surface area (Å²) < 4.78 is 1.65. The molecule has 0 saturated heterocycles. The van der Waals surface area contributed by atoms with Gasteiger partial charge in [0, 0.05) is 11.9 Å². The summed E-state index contributed by atoms with van der Waals surface area (Å²) in [5.41, 5.74) is 6.16.